The molecule has 0 radical (unpaired) electrons. The Morgan fingerprint density at radius 3 is 2.41 bits per heavy atom. The maximum absolute atomic E-state index is 13.1. The van der Waals surface area contributed by atoms with E-state index in [1.807, 2.05) is 0 Å². The second-order valence-corrected chi connectivity index (χ2v) is 9.33. The molecule has 3 amide bonds. The minimum absolute atomic E-state index is 0.0748. The van der Waals surface area contributed by atoms with E-state index in [2.05, 4.69) is 16.0 Å². The molecule has 12 nitrogen and oxygen atoms in total. The molecule has 0 aliphatic carbocycles. The number of benzene rings is 3. The highest BCUT2D eigenvalue weighted by atomic mass is 16.5. The van der Waals surface area contributed by atoms with E-state index in [-0.39, 0.29) is 34.6 Å². The highest BCUT2D eigenvalue weighted by Gasteiger charge is 2.35. The average molecular weight is 564 g/mol. The summed E-state index contributed by atoms with van der Waals surface area (Å²) in [6.45, 7) is 2.18. The summed E-state index contributed by atoms with van der Waals surface area (Å²) in [5.74, 6) is -0.310. The molecular weight excluding hydrogens is 530 g/mol. The van der Waals surface area contributed by atoms with Gasteiger partial charge in [-0.2, -0.15) is 0 Å². The van der Waals surface area contributed by atoms with E-state index in [0.29, 0.717) is 22.9 Å². The summed E-state index contributed by atoms with van der Waals surface area (Å²) in [6, 6.07) is 15.0. The van der Waals surface area contributed by atoms with Crippen LogP contribution in [0.5, 0.6) is 17.2 Å². The van der Waals surface area contributed by atoms with E-state index in [1.54, 1.807) is 48.5 Å². The van der Waals surface area contributed by atoms with Crippen LogP contribution in [-0.2, 0) is 9.53 Å². The number of para-hydroxylation sites is 2. The van der Waals surface area contributed by atoms with Gasteiger partial charge in [-0.15, -0.1) is 0 Å². The van der Waals surface area contributed by atoms with Crippen molar-refractivity contribution in [2.24, 2.45) is 0 Å². The van der Waals surface area contributed by atoms with Crippen molar-refractivity contribution < 1.29 is 33.7 Å². The first-order valence-corrected chi connectivity index (χ1v) is 12.9. The van der Waals surface area contributed by atoms with Gasteiger partial charge in [-0.3, -0.25) is 9.69 Å². The first-order chi connectivity index (χ1) is 19.7. The number of nitrogen functional groups attached to an aromatic ring is 1. The molecule has 4 rings (SSSR count). The number of rotatable bonds is 9. The third-order valence-electron chi connectivity index (χ3n) is 6.58. The maximum atomic E-state index is 13.1. The zero-order chi connectivity index (χ0) is 29.5. The van der Waals surface area contributed by atoms with Crippen LogP contribution in [0.1, 0.15) is 30.1 Å². The van der Waals surface area contributed by atoms with Gasteiger partial charge in [-0.25, -0.2) is 9.59 Å². The molecule has 1 aliphatic heterocycles. The van der Waals surface area contributed by atoms with Crippen molar-refractivity contribution in [2.45, 2.75) is 32.0 Å². The van der Waals surface area contributed by atoms with E-state index in [9.17, 15) is 19.5 Å². The number of amides is 3. The van der Waals surface area contributed by atoms with Gasteiger partial charge in [0.05, 0.1) is 48.6 Å². The summed E-state index contributed by atoms with van der Waals surface area (Å²) < 4.78 is 16.6. The minimum atomic E-state index is -0.797. The zero-order valence-electron chi connectivity index (χ0n) is 23.0. The second kappa shape index (κ2) is 12.9. The van der Waals surface area contributed by atoms with E-state index >= 15 is 0 Å². The predicted octanol–water partition coefficient (Wildman–Crippen LogP) is 3.92. The summed E-state index contributed by atoms with van der Waals surface area (Å²) in [7, 11) is 2.73. The molecule has 1 saturated heterocycles. The molecule has 3 aromatic rings. The number of urea groups is 1. The van der Waals surface area contributed by atoms with Crippen LogP contribution in [0.15, 0.2) is 60.7 Å². The van der Waals surface area contributed by atoms with Gasteiger partial charge in [-0.05, 0) is 61.9 Å². The van der Waals surface area contributed by atoms with Gasteiger partial charge in [-0.1, -0.05) is 12.1 Å². The fourth-order valence-corrected chi connectivity index (χ4v) is 4.60. The van der Waals surface area contributed by atoms with Gasteiger partial charge in [0.1, 0.15) is 17.2 Å². The standard InChI is InChI=1S/C29H33N5O7/c1-17(35)34(27(23-8-6-14-31-23)41-25-13-10-18(15-20(25)30)28(37)40-3)19-11-12-22(26(16-19)39-2)33-29(38)32-21-7-4-5-9-24(21)36/h4-5,7,9-13,15-16,23,27,31,36H,6,8,14,30H2,1-3H3,(H2,32,33,38). The van der Waals surface area contributed by atoms with Crippen LogP contribution in [0, 0.1) is 0 Å². The second-order valence-electron chi connectivity index (χ2n) is 9.33. The molecule has 0 aromatic heterocycles. The number of carbonyl (C=O) groups is 3. The molecule has 0 spiro atoms. The van der Waals surface area contributed by atoms with Gasteiger partial charge in [0.25, 0.3) is 0 Å². The SMILES string of the molecule is COC(=O)c1ccc(OC(C2CCCN2)N(C(C)=O)c2ccc(NC(=O)Nc3ccccc3O)c(OC)c2)c(N)c1. The number of carbonyl (C=O) groups excluding carboxylic acids is 3. The number of aromatic hydroxyl groups is 1. The van der Waals surface area contributed by atoms with Crippen LogP contribution < -0.4 is 36.1 Å². The first-order valence-electron chi connectivity index (χ1n) is 12.9. The van der Waals surface area contributed by atoms with Crippen LogP contribution in [0.25, 0.3) is 0 Å². The van der Waals surface area contributed by atoms with Crippen LogP contribution in [0.3, 0.4) is 0 Å². The largest absolute Gasteiger partial charge is 0.506 e. The fourth-order valence-electron chi connectivity index (χ4n) is 4.60. The number of nitrogens with one attached hydrogen (secondary N) is 3. The van der Waals surface area contributed by atoms with Gasteiger partial charge in [0, 0.05) is 13.0 Å². The Bertz CT molecular complexity index is 1420. The Labute approximate surface area is 237 Å². The predicted molar refractivity (Wildman–Crippen MR) is 155 cm³/mol. The summed E-state index contributed by atoms with van der Waals surface area (Å²) in [5.41, 5.74) is 7.75. The number of ether oxygens (including phenoxy) is 3. The molecule has 6 N–H and O–H groups in total. The number of nitrogens with zero attached hydrogens (tertiary/aromatic N) is 1. The molecule has 0 saturated carbocycles. The molecule has 2 atom stereocenters. The maximum Gasteiger partial charge on any atom is 0.337 e. The molecule has 2 unspecified atom stereocenters. The summed E-state index contributed by atoms with van der Waals surface area (Å²) in [6.07, 6.45) is 0.845. The summed E-state index contributed by atoms with van der Waals surface area (Å²) in [4.78, 5) is 39.1. The van der Waals surface area contributed by atoms with Crippen LogP contribution in [-0.4, -0.2) is 56.0 Å². The molecule has 12 heteroatoms. The minimum Gasteiger partial charge on any atom is -0.506 e. The van der Waals surface area contributed by atoms with E-state index in [0.717, 1.165) is 19.4 Å². The molecular formula is C29H33N5O7. The van der Waals surface area contributed by atoms with Crippen LogP contribution >= 0.6 is 0 Å². The molecule has 41 heavy (non-hydrogen) atoms. The highest BCUT2D eigenvalue weighted by molar-refractivity contribution is 6.02. The van der Waals surface area contributed by atoms with Crippen molar-refractivity contribution in [3.8, 4) is 17.2 Å². The number of anilines is 4. The van der Waals surface area contributed by atoms with Crippen LogP contribution in [0.2, 0.25) is 0 Å². The van der Waals surface area contributed by atoms with Gasteiger partial charge >= 0.3 is 12.0 Å². The first kappa shape index (κ1) is 29.0. The smallest absolute Gasteiger partial charge is 0.337 e. The third-order valence-corrected chi connectivity index (χ3v) is 6.58. The number of esters is 1. The lowest BCUT2D eigenvalue weighted by atomic mass is 10.1. The van der Waals surface area contributed by atoms with Gasteiger partial charge < -0.3 is 41.0 Å². The fraction of sp³-hybridized carbons (Fsp3) is 0.276. The number of phenols is 1. The lowest BCUT2D eigenvalue weighted by Crippen LogP contribution is -2.53. The van der Waals surface area contributed by atoms with Gasteiger partial charge in [0.15, 0.2) is 6.23 Å². The Morgan fingerprint density at radius 1 is 1.02 bits per heavy atom. The van der Waals surface area contributed by atoms with Crippen molar-refractivity contribution in [3.63, 3.8) is 0 Å². The van der Waals surface area contributed by atoms with E-state index in [4.69, 9.17) is 19.9 Å². The number of hydrogen-bond acceptors (Lipinski definition) is 9. The van der Waals surface area contributed by atoms with Crippen molar-refractivity contribution in [1.82, 2.24) is 5.32 Å². The van der Waals surface area contributed by atoms with Crippen molar-refractivity contribution >= 4 is 40.7 Å². The van der Waals surface area contributed by atoms with E-state index in [1.165, 1.54) is 38.2 Å². The zero-order valence-corrected chi connectivity index (χ0v) is 23.0. The van der Waals surface area contributed by atoms with E-state index < -0.39 is 18.2 Å². The Balaban J connectivity index is 1.62. The van der Waals surface area contributed by atoms with Gasteiger partial charge in [0.2, 0.25) is 5.91 Å². The third kappa shape index (κ3) is 6.79. The molecule has 1 aliphatic rings. The van der Waals surface area contributed by atoms with Crippen molar-refractivity contribution in [1.29, 1.82) is 0 Å². The normalized spacial score (nSPS) is 15.0. The molecule has 3 aromatic carbocycles. The number of nitrogens with two attached hydrogens (primary N) is 1. The van der Waals surface area contributed by atoms with Crippen LogP contribution in [0.4, 0.5) is 27.5 Å². The molecule has 1 fully saturated rings. The summed E-state index contributed by atoms with van der Waals surface area (Å²) in [5, 5.41) is 18.6. The Hall–Kier alpha value is -4.97. The Kier molecular flexibility index (Phi) is 9.15. The number of methoxy groups -OCH3 is 2. The topological polar surface area (TPSA) is 164 Å². The summed E-state index contributed by atoms with van der Waals surface area (Å²) >= 11 is 0. The number of hydrogen-bond donors (Lipinski definition) is 5. The lowest BCUT2D eigenvalue weighted by molar-refractivity contribution is -0.118. The van der Waals surface area contributed by atoms with Crippen molar-refractivity contribution in [2.75, 3.05) is 42.0 Å². The lowest BCUT2D eigenvalue weighted by Gasteiger charge is -2.35. The highest BCUT2D eigenvalue weighted by Crippen LogP contribution is 2.34. The molecule has 0 bridgehead atoms. The number of phenolic OH excluding ortho intramolecular Hbond substituents is 1. The monoisotopic (exact) mass is 563 g/mol. The average Bonchev–Trinajstić information content (AvgIpc) is 3.49. The van der Waals surface area contributed by atoms with Crippen molar-refractivity contribution in [3.05, 3.63) is 66.2 Å². The quantitative estimate of drug-likeness (QED) is 0.112. The Morgan fingerprint density at radius 2 is 1.78 bits per heavy atom. The molecule has 216 valence electrons. The molecule has 1 heterocycles.